The number of aliphatic carboxylic acids is 1. The van der Waals surface area contributed by atoms with Gasteiger partial charge in [0.15, 0.2) is 0 Å². The Labute approximate surface area is 329 Å². The summed E-state index contributed by atoms with van der Waals surface area (Å²) in [6.45, 7) is 3.37. The number of amides is 2. The molecule has 11 nitrogen and oxygen atoms in total. The quantitative estimate of drug-likeness (QED) is 0.159. The SMILES string of the molecule is N#Cc1ccc(Cn2cncc2CN(C(=O)c2ccc(C#N)cc2)c2ccc(N3CCN(C(=O)c4ccc(Cl)s4)CC3)cc2)cc1.O=C(O)C1CCCCC1. The van der Waals surface area contributed by atoms with Gasteiger partial charge in [0.2, 0.25) is 0 Å². The van der Waals surface area contributed by atoms with Gasteiger partial charge in [-0.3, -0.25) is 14.4 Å². The van der Waals surface area contributed by atoms with Gasteiger partial charge in [0.05, 0.1) is 57.0 Å². The Bertz CT molecular complexity index is 2170. The summed E-state index contributed by atoms with van der Waals surface area (Å²) >= 11 is 7.32. The van der Waals surface area contributed by atoms with Crippen molar-refractivity contribution in [3.8, 4) is 12.1 Å². The Balaban J connectivity index is 0.000000502. The minimum absolute atomic E-state index is 0.00211. The van der Waals surface area contributed by atoms with Crippen LogP contribution in [0.1, 0.15) is 74.5 Å². The molecular weight excluding hydrogens is 734 g/mol. The average Bonchev–Trinajstić information content (AvgIpc) is 3.88. The van der Waals surface area contributed by atoms with E-state index in [4.69, 9.17) is 22.0 Å². The zero-order chi connectivity index (χ0) is 38.7. The van der Waals surface area contributed by atoms with Crippen LogP contribution in [-0.4, -0.2) is 63.5 Å². The molecule has 7 rings (SSSR count). The van der Waals surface area contributed by atoms with Crippen LogP contribution in [0.15, 0.2) is 97.5 Å². The standard InChI is InChI=1S/C35H28ClN7O2S.C7H12O2/c36-33-14-13-32(46-33)35(45)41-17-15-40(16-18-41)29-9-11-30(12-10-29)43(34(44)28-7-5-26(20-38)6-8-28)23-31-21-39-24-42(31)22-27-3-1-25(19-37)2-4-27;8-7(9)6-4-2-1-3-5-6/h1-14,21,24H,15-18,22-23H2;6H,1-5H2,(H,8,9). The highest BCUT2D eigenvalue weighted by molar-refractivity contribution is 7.18. The number of carbonyl (C=O) groups excluding carboxylic acids is 2. The second-order valence-corrected chi connectivity index (χ2v) is 15.2. The highest BCUT2D eigenvalue weighted by Crippen LogP contribution is 2.27. The van der Waals surface area contributed by atoms with Gasteiger partial charge < -0.3 is 24.4 Å². The molecule has 1 saturated carbocycles. The van der Waals surface area contributed by atoms with Gasteiger partial charge >= 0.3 is 5.97 Å². The first-order valence-corrected chi connectivity index (χ1v) is 19.3. The summed E-state index contributed by atoms with van der Waals surface area (Å²) in [5.74, 6) is -0.833. The lowest BCUT2D eigenvalue weighted by atomic mass is 9.90. The molecule has 0 spiro atoms. The first kappa shape index (κ1) is 38.8. The van der Waals surface area contributed by atoms with Crippen molar-refractivity contribution >= 4 is 52.1 Å². The van der Waals surface area contributed by atoms with Gasteiger partial charge in [-0.25, -0.2) is 4.98 Å². The highest BCUT2D eigenvalue weighted by atomic mass is 35.5. The number of hydrogen-bond acceptors (Lipinski definition) is 8. The molecule has 0 atom stereocenters. The van der Waals surface area contributed by atoms with E-state index < -0.39 is 5.97 Å². The van der Waals surface area contributed by atoms with Crippen molar-refractivity contribution < 1.29 is 19.5 Å². The number of nitriles is 2. The monoisotopic (exact) mass is 773 g/mol. The minimum atomic E-state index is -0.602. The summed E-state index contributed by atoms with van der Waals surface area (Å²) in [7, 11) is 0. The Morgan fingerprint density at radius 3 is 2.04 bits per heavy atom. The number of anilines is 2. The van der Waals surface area contributed by atoms with Crippen LogP contribution in [0.2, 0.25) is 4.34 Å². The lowest BCUT2D eigenvalue weighted by Gasteiger charge is -2.36. The molecular formula is C42H40ClN7O4S. The molecule has 55 heavy (non-hydrogen) atoms. The van der Waals surface area contributed by atoms with E-state index in [0.29, 0.717) is 64.3 Å². The van der Waals surface area contributed by atoms with Gasteiger partial charge in [-0.2, -0.15) is 10.5 Å². The fraction of sp³-hybridized carbons (Fsp3) is 0.286. The number of rotatable bonds is 9. The van der Waals surface area contributed by atoms with Gasteiger partial charge in [-0.05, 0) is 91.2 Å². The maximum Gasteiger partial charge on any atom is 0.306 e. The predicted molar refractivity (Wildman–Crippen MR) is 212 cm³/mol. The van der Waals surface area contributed by atoms with Crippen LogP contribution in [-0.2, 0) is 17.9 Å². The average molecular weight is 774 g/mol. The van der Waals surface area contributed by atoms with Gasteiger partial charge in [0, 0.05) is 55.9 Å². The summed E-state index contributed by atoms with van der Waals surface area (Å²) in [4.78, 5) is 48.0. The molecule has 3 aromatic carbocycles. The highest BCUT2D eigenvalue weighted by Gasteiger charge is 2.25. The number of imidazole rings is 1. The van der Waals surface area contributed by atoms with Crippen molar-refractivity contribution in [3.63, 3.8) is 0 Å². The Kier molecular flexibility index (Phi) is 13.0. The number of hydrogen-bond donors (Lipinski definition) is 1. The van der Waals surface area contributed by atoms with Crippen molar-refractivity contribution in [2.24, 2.45) is 5.92 Å². The van der Waals surface area contributed by atoms with Gasteiger partial charge in [0.1, 0.15) is 0 Å². The molecule has 3 heterocycles. The third-order valence-corrected chi connectivity index (χ3v) is 11.1. The van der Waals surface area contributed by atoms with E-state index in [1.54, 1.807) is 66.0 Å². The summed E-state index contributed by atoms with van der Waals surface area (Å²) < 4.78 is 2.59. The Morgan fingerprint density at radius 1 is 0.836 bits per heavy atom. The minimum Gasteiger partial charge on any atom is -0.481 e. The first-order valence-electron chi connectivity index (χ1n) is 18.1. The second kappa shape index (κ2) is 18.4. The molecule has 0 unspecified atom stereocenters. The number of carboxylic acid groups (broad SMARTS) is 1. The predicted octanol–water partition coefficient (Wildman–Crippen LogP) is 7.85. The number of carbonyl (C=O) groups is 3. The lowest BCUT2D eigenvalue weighted by Crippen LogP contribution is -2.48. The number of nitrogens with zero attached hydrogens (tertiary/aromatic N) is 7. The first-order chi connectivity index (χ1) is 26.7. The molecule has 1 N–H and O–H groups in total. The molecule has 13 heteroatoms. The summed E-state index contributed by atoms with van der Waals surface area (Å²) in [6.07, 6.45) is 8.73. The number of halogens is 1. The molecule has 1 aliphatic carbocycles. The van der Waals surface area contributed by atoms with E-state index in [1.165, 1.54) is 17.8 Å². The summed E-state index contributed by atoms with van der Waals surface area (Å²) in [6, 6.07) is 29.6. The van der Waals surface area contributed by atoms with Crippen molar-refractivity contribution in [1.29, 1.82) is 10.5 Å². The van der Waals surface area contributed by atoms with Crippen molar-refractivity contribution in [3.05, 3.63) is 135 Å². The summed E-state index contributed by atoms with van der Waals surface area (Å²) in [5.41, 5.74) is 5.11. The molecule has 5 aromatic rings. The van der Waals surface area contributed by atoms with Crippen LogP contribution in [0.25, 0.3) is 0 Å². The fourth-order valence-corrected chi connectivity index (χ4v) is 7.75. The van der Waals surface area contributed by atoms with E-state index in [9.17, 15) is 19.6 Å². The molecule has 2 aliphatic rings. The van der Waals surface area contributed by atoms with Crippen LogP contribution in [0.4, 0.5) is 11.4 Å². The Hall–Kier alpha value is -5.95. The molecule has 0 radical (unpaired) electrons. The third-order valence-electron chi connectivity index (χ3n) is 9.89. The third kappa shape index (κ3) is 9.98. The number of piperazine rings is 1. The second-order valence-electron chi connectivity index (χ2n) is 13.5. The van der Waals surface area contributed by atoms with Crippen LogP contribution in [0, 0.1) is 28.6 Å². The molecule has 2 fully saturated rings. The lowest BCUT2D eigenvalue weighted by molar-refractivity contribution is -0.142. The van der Waals surface area contributed by atoms with Gasteiger partial charge in [-0.15, -0.1) is 11.3 Å². The molecule has 2 aromatic heterocycles. The normalized spacial score (nSPS) is 14.2. The molecule has 2 amide bonds. The smallest absolute Gasteiger partial charge is 0.306 e. The van der Waals surface area contributed by atoms with Crippen molar-refractivity contribution in [2.75, 3.05) is 36.0 Å². The molecule has 1 saturated heterocycles. The van der Waals surface area contributed by atoms with Crippen LogP contribution in [0.5, 0.6) is 0 Å². The number of carboxylic acids is 1. The van der Waals surface area contributed by atoms with E-state index in [2.05, 4.69) is 22.0 Å². The van der Waals surface area contributed by atoms with Crippen LogP contribution >= 0.6 is 22.9 Å². The van der Waals surface area contributed by atoms with Crippen molar-refractivity contribution in [1.82, 2.24) is 14.5 Å². The number of thiophene rings is 1. The Morgan fingerprint density at radius 2 is 1.47 bits per heavy atom. The van der Waals surface area contributed by atoms with E-state index >= 15 is 0 Å². The molecule has 280 valence electrons. The van der Waals surface area contributed by atoms with E-state index in [1.807, 2.05) is 45.9 Å². The molecule has 1 aliphatic heterocycles. The largest absolute Gasteiger partial charge is 0.481 e. The van der Waals surface area contributed by atoms with E-state index in [-0.39, 0.29) is 24.3 Å². The van der Waals surface area contributed by atoms with E-state index in [0.717, 1.165) is 42.6 Å². The summed E-state index contributed by atoms with van der Waals surface area (Å²) in [5, 5.41) is 26.9. The maximum atomic E-state index is 13.9. The number of aromatic nitrogens is 2. The topological polar surface area (TPSA) is 147 Å². The van der Waals surface area contributed by atoms with Gasteiger partial charge in [0.25, 0.3) is 11.8 Å². The fourth-order valence-electron chi connectivity index (χ4n) is 6.73. The van der Waals surface area contributed by atoms with Crippen LogP contribution < -0.4 is 9.80 Å². The van der Waals surface area contributed by atoms with Crippen molar-refractivity contribution in [2.45, 2.75) is 45.2 Å². The zero-order valence-corrected chi connectivity index (χ0v) is 31.8. The van der Waals surface area contributed by atoms with Crippen LogP contribution in [0.3, 0.4) is 0 Å². The van der Waals surface area contributed by atoms with Gasteiger partial charge in [-0.1, -0.05) is 43.0 Å². The number of benzene rings is 3. The zero-order valence-electron chi connectivity index (χ0n) is 30.2. The maximum absolute atomic E-state index is 13.9. The molecule has 0 bridgehead atoms.